The van der Waals surface area contributed by atoms with Crippen LogP contribution in [0.15, 0.2) is 30.6 Å². The molecule has 0 unspecified atom stereocenters. The number of halogens is 4. The van der Waals surface area contributed by atoms with Crippen LogP contribution in [0.2, 0.25) is 0 Å². The Morgan fingerprint density at radius 2 is 2.00 bits per heavy atom. The standard InChI is InChI=1S/C11H7ClF3NS/c12-4-7-3-8(6-16-5-7)9-1-2-10(17-9)11(13,14)15/h1-3,5-6H,4H2. The Balaban J connectivity index is 2.37. The second-order valence-corrected chi connectivity index (χ2v) is 4.73. The maximum Gasteiger partial charge on any atom is 0.425 e. The van der Waals surface area contributed by atoms with Gasteiger partial charge in [0.2, 0.25) is 0 Å². The first-order chi connectivity index (χ1) is 8.00. The highest BCUT2D eigenvalue weighted by Crippen LogP contribution is 2.38. The number of hydrogen-bond donors (Lipinski definition) is 0. The lowest BCUT2D eigenvalue weighted by Crippen LogP contribution is -2.00. The van der Waals surface area contributed by atoms with Crippen molar-refractivity contribution in [3.8, 4) is 10.4 Å². The lowest BCUT2D eigenvalue weighted by atomic mass is 10.2. The number of alkyl halides is 4. The van der Waals surface area contributed by atoms with E-state index in [1.165, 1.54) is 12.3 Å². The van der Waals surface area contributed by atoms with E-state index in [-0.39, 0.29) is 0 Å². The van der Waals surface area contributed by atoms with Crippen LogP contribution in [0.4, 0.5) is 13.2 Å². The van der Waals surface area contributed by atoms with Gasteiger partial charge in [0.1, 0.15) is 4.88 Å². The number of nitrogens with zero attached hydrogens (tertiary/aromatic N) is 1. The molecule has 2 rings (SSSR count). The van der Waals surface area contributed by atoms with Gasteiger partial charge in [-0.15, -0.1) is 22.9 Å². The predicted molar refractivity (Wildman–Crippen MR) is 62.1 cm³/mol. The Morgan fingerprint density at radius 1 is 1.24 bits per heavy atom. The molecule has 0 saturated carbocycles. The molecule has 2 aromatic heterocycles. The van der Waals surface area contributed by atoms with Gasteiger partial charge in [-0.3, -0.25) is 4.98 Å². The third-order valence-electron chi connectivity index (χ3n) is 2.12. The number of thiophene rings is 1. The maximum atomic E-state index is 12.4. The van der Waals surface area contributed by atoms with E-state index in [1.54, 1.807) is 12.3 Å². The van der Waals surface area contributed by atoms with E-state index in [9.17, 15) is 13.2 Å². The van der Waals surface area contributed by atoms with Gasteiger partial charge in [-0.05, 0) is 23.8 Å². The van der Waals surface area contributed by atoms with Crippen molar-refractivity contribution >= 4 is 22.9 Å². The van der Waals surface area contributed by atoms with Crippen LogP contribution in [0.25, 0.3) is 10.4 Å². The molecule has 2 aromatic rings. The van der Waals surface area contributed by atoms with E-state index in [2.05, 4.69) is 4.98 Å². The zero-order chi connectivity index (χ0) is 12.5. The number of aromatic nitrogens is 1. The number of pyridine rings is 1. The molecule has 0 atom stereocenters. The summed E-state index contributed by atoms with van der Waals surface area (Å²) in [6.07, 6.45) is -1.17. The average Bonchev–Trinajstić information content (AvgIpc) is 2.78. The molecule has 17 heavy (non-hydrogen) atoms. The summed E-state index contributed by atoms with van der Waals surface area (Å²) in [6.45, 7) is 0. The normalized spacial score (nSPS) is 11.8. The Bertz CT molecular complexity index is 521. The van der Waals surface area contributed by atoms with Crippen LogP contribution in [0.5, 0.6) is 0 Å². The van der Waals surface area contributed by atoms with Crippen molar-refractivity contribution in [2.24, 2.45) is 0 Å². The van der Waals surface area contributed by atoms with Gasteiger partial charge in [0.05, 0.1) is 0 Å². The molecule has 0 aliphatic heterocycles. The molecule has 0 aromatic carbocycles. The highest BCUT2D eigenvalue weighted by Gasteiger charge is 2.32. The van der Waals surface area contributed by atoms with Gasteiger partial charge in [0, 0.05) is 28.7 Å². The molecule has 2 heterocycles. The van der Waals surface area contributed by atoms with Crippen LogP contribution in [0.1, 0.15) is 10.4 Å². The van der Waals surface area contributed by atoms with Gasteiger partial charge in [-0.1, -0.05) is 0 Å². The summed E-state index contributed by atoms with van der Waals surface area (Å²) in [5.41, 5.74) is 1.44. The van der Waals surface area contributed by atoms with Crippen LogP contribution < -0.4 is 0 Å². The van der Waals surface area contributed by atoms with Crippen molar-refractivity contribution in [2.75, 3.05) is 0 Å². The van der Waals surface area contributed by atoms with Gasteiger partial charge < -0.3 is 0 Å². The van der Waals surface area contributed by atoms with Crippen LogP contribution >= 0.6 is 22.9 Å². The van der Waals surface area contributed by atoms with Gasteiger partial charge in [0.25, 0.3) is 0 Å². The highest BCUT2D eigenvalue weighted by atomic mass is 35.5. The lowest BCUT2D eigenvalue weighted by molar-refractivity contribution is -0.134. The smallest absolute Gasteiger partial charge is 0.264 e. The minimum atomic E-state index is -4.29. The quantitative estimate of drug-likeness (QED) is 0.733. The minimum Gasteiger partial charge on any atom is -0.264 e. The minimum absolute atomic E-state index is 0.290. The second-order valence-electron chi connectivity index (χ2n) is 3.38. The molecule has 90 valence electrons. The van der Waals surface area contributed by atoms with Crippen molar-refractivity contribution in [2.45, 2.75) is 12.1 Å². The van der Waals surface area contributed by atoms with Crippen molar-refractivity contribution in [1.29, 1.82) is 0 Å². The summed E-state index contributed by atoms with van der Waals surface area (Å²) in [4.78, 5) is 3.88. The zero-order valence-electron chi connectivity index (χ0n) is 8.46. The Morgan fingerprint density at radius 3 is 2.59 bits per heavy atom. The Labute approximate surface area is 105 Å². The van der Waals surface area contributed by atoms with Crippen molar-refractivity contribution in [3.63, 3.8) is 0 Å². The summed E-state index contributed by atoms with van der Waals surface area (Å²) in [5, 5.41) is 0. The molecule has 0 amide bonds. The molecule has 0 aliphatic rings. The van der Waals surface area contributed by atoms with Gasteiger partial charge in [0.15, 0.2) is 0 Å². The Hall–Kier alpha value is -1.07. The summed E-state index contributed by atoms with van der Waals surface area (Å²) in [5.74, 6) is 0.290. The van der Waals surface area contributed by atoms with Crippen molar-refractivity contribution in [1.82, 2.24) is 4.98 Å². The largest absolute Gasteiger partial charge is 0.425 e. The summed E-state index contributed by atoms with van der Waals surface area (Å²) in [7, 11) is 0. The fourth-order valence-corrected chi connectivity index (χ4v) is 2.34. The fraction of sp³-hybridized carbons (Fsp3) is 0.182. The van der Waals surface area contributed by atoms with E-state index in [4.69, 9.17) is 11.6 Å². The third-order valence-corrected chi connectivity index (χ3v) is 3.61. The van der Waals surface area contributed by atoms with Gasteiger partial charge in [-0.25, -0.2) is 0 Å². The summed E-state index contributed by atoms with van der Waals surface area (Å²) < 4.78 is 37.3. The molecule has 0 radical (unpaired) electrons. The van der Waals surface area contributed by atoms with E-state index in [0.717, 1.165) is 11.6 Å². The van der Waals surface area contributed by atoms with Crippen molar-refractivity contribution < 1.29 is 13.2 Å². The Kier molecular flexibility index (Phi) is 3.40. The van der Waals surface area contributed by atoms with E-state index < -0.39 is 11.1 Å². The third kappa shape index (κ3) is 2.79. The second kappa shape index (κ2) is 4.66. The first-order valence-corrected chi connectivity index (χ1v) is 6.03. The molecule has 0 N–H and O–H groups in total. The lowest BCUT2D eigenvalue weighted by Gasteiger charge is -2.01. The first kappa shape index (κ1) is 12.4. The number of hydrogen-bond acceptors (Lipinski definition) is 2. The molecule has 0 spiro atoms. The fourth-order valence-electron chi connectivity index (χ4n) is 1.34. The van der Waals surface area contributed by atoms with Gasteiger partial charge >= 0.3 is 6.18 Å². The van der Waals surface area contributed by atoms with Gasteiger partial charge in [-0.2, -0.15) is 13.2 Å². The van der Waals surface area contributed by atoms with Crippen LogP contribution in [-0.2, 0) is 12.1 Å². The molecule has 6 heteroatoms. The van der Waals surface area contributed by atoms with Crippen LogP contribution in [0.3, 0.4) is 0 Å². The first-order valence-electron chi connectivity index (χ1n) is 4.68. The van der Waals surface area contributed by atoms with Crippen molar-refractivity contribution in [3.05, 3.63) is 41.0 Å². The average molecular weight is 278 g/mol. The van der Waals surface area contributed by atoms with Crippen LogP contribution in [0, 0.1) is 0 Å². The molecule has 0 saturated heterocycles. The van der Waals surface area contributed by atoms with Crippen LogP contribution in [-0.4, -0.2) is 4.98 Å². The topological polar surface area (TPSA) is 12.9 Å². The summed E-state index contributed by atoms with van der Waals surface area (Å²) in [6, 6.07) is 4.27. The number of rotatable bonds is 2. The zero-order valence-corrected chi connectivity index (χ0v) is 10.0. The molecule has 0 aliphatic carbocycles. The maximum absolute atomic E-state index is 12.4. The molecular weight excluding hydrogens is 271 g/mol. The monoisotopic (exact) mass is 277 g/mol. The molecule has 0 fully saturated rings. The highest BCUT2D eigenvalue weighted by molar-refractivity contribution is 7.15. The molecular formula is C11H7ClF3NS. The molecule has 1 nitrogen and oxygen atoms in total. The van der Waals surface area contributed by atoms with E-state index in [1.807, 2.05) is 0 Å². The SMILES string of the molecule is FC(F)(F)c1ccc(-c2cncc(CCl)c2)s1. The summed E-state index contributed by atoms with van der Waals surface area (Å²) >= 11 is 6.35. The predicted octanol–water partition coefficient (Wildman–Crippen LogP) is 4.57. The van der Waals surface area contributed by atoms with E-state index >= 15 is 0 Å². The molecule has 0 bridgehead atoms. The van der Waals surface area contributed by atoms with E-state index in [0.29, 0.717) is 27.7 Å².